The third kappa shape index (κ3) is 10.4. The SMILES string of the molecule is CC(C)C[C@H](N)C(=O)NCC(=O)N[C@@H](CO)C(=O)N[C@@H](CCC(N)=O)C(=O)O. The number of rotatable bonds is 13. The third-order valence-electron chi connectivity index (χ3n) is 3.61. The van der Waals surface area contributed by atoms with E-state index in [9.17, 15) is 29.1 Å². The van der Waals surface area contributed by atoms with E-state index in [4.69, 9.17) is 16.6 Å². The van der Waals surface area contributed by atoms with E-state index >= 15 is 0 Å². The molecule has 0 spiro atoms. The van der Waals surface area contributed by atoms with E-state index in [1.54, 1.807) is 0 Å². The highest BCUT2D eigenvalue weighted by atomic mass is 16.4. The van der Waals surface area contributed by atoms with Crippen LogP contribution in [0.2, 0.25) is 0 Å². The summed E-state index contributed by atoms with van der Waals surface area (Å²) in [4.78, 5) is 57.6. The number of nitrogens with two attached hydrogens (primary N) is 2. The Morgan fingerprint density at radius 3 is 2.07 bits per heavy atom. The molecule has 0 aliphatic rings. The Balaban J connectivity index is 4.62. The van der Waals surface area contributed by atoms with Gasteiger partial charge in [0.1, 0.15) is 12.1 Å². The molecule has 0 saturated carbocycles. The number of hydrogen-bond acceptors (Lipinski definition) is 7. The molecule has 12 nitrogen and oxygen atoms in total. The summed E-state index contributed by atoms with van der Waals surface area (Å²) in [6.45, 7) is 2.50. The molecular weight excluding hydrogens is 374 g/mol. The highest BCUT2D eigenvalue weighted by Gasteiger charge is 2.26. The van der Waals surface area contributed by atoms with Crippen LogP contribution in [0.15, 0.2) is 0 Å². The van der Waals surface area contributed by atoms with Crippen LogP contribution in [0.25, 0.3) is 0 Å². The molecule has 0 aliphatic carbocycles. The van der Waals surface area contributed by atoms with Gasteiger partial charge in [0.05, 0.1) is 19.2 Å². The number of aliphatic hydroxyl groups excluding tert-OH is 1. The van der Waals surface area contributed by atoms with Crippen LogP contribution in [0.1, 0.15) is 33.1 Å². The average molecular weight is 403 g/mol. The van der Waals surface area contributed by atoms with Gasteiger partial charge in [0.2, 0.25) is 23.6 Å². The average Bonchev–Trinajstić information content (AvgIpc) is 2.59. The molecule has 12 heteroatoms. The zero-order valence-corrected chi connectivity index (χ0v) is 15.9. The molecule has 0 rings (SSSR count). The predicted octanol–water partition coefficient (Wildman–Crippen LogP) is -3.21. The fourth-order valence-corrected chi connectivity index (χ4v) is 2.17. The van der Waals surface area contributed by atoms with Gasteiger partial charge >= 0.3 is 5.97 Å². The van der Waals surface area contributed by atoms with Gasteiger partial charge in [0, 0.05) is 6.42 Å². The van der Waals surface area contributed by atoms with E-state index in [0.717, 1.165) is 0 Å². The fourth-order valence-electron chi connectivity index (χ4n) is 2.17. The van der Waals surface area contributed by atoms with Crippen LogP contribution in [0.5, 0.6) is 0 Å². The Hall–Kier alpha value is -2.73. The standard InChI is InChI=1S/C16H29N5O7/c1-8(2)5-9(17)14(25)19-6-13(24)20-11(7-22)15(26)21-10(16(27)28)3-4-12(18)23/h8-11,22H,3-7,17H2,1-2H3,(H2,18,23)(H,19,25)(H,20,24)(H,21,26)(H,27,28)/t9-,10-,11-/m0/s1. The topological polar surface area (TPSA) is 214 Å². The first kappa shape index (κ1) is 25.3. The van der Waals surface area contributed by atoms with Crippen molar-refractivity contribution < 1.29 is 34.2 Å². The van der Waals surface area contributed by atoms with E-state index in [1.165, 1.54) is 0 Å². The lowest BCUT2D eigenvalue weighted by Crippen LogP contribution is -2.55. The molecule has 28 heavy (non-hydrogen) atoms. The number of hydrogen-bond donors (Lipinski definition) is 7. The number of aliphatic carboxylic acids is 1. The Morgan fingerprint density at radius 2 is 1.61 bits per heavy atom. The van der Waals surface area contributed by atoms with Crippen molar-refractivity contribution in [1.82, 2.24) is 16.0 Å². The highest BCUT2D eigenvalue weighted by Crippen LogP contribution is 2.02. The number of carbonyl (C=O) groups is 5. The smallest absolute Gasteiger partial charge is 0.326 e. The second-order valence-electron chi connectivity index (χ2n) is 6.66. The van der Waals surface area contributed by atoms with Crippen LogP contribution in [0.3, 0.4) is 0 Å². The van der Waals surface area contributed by atoms with Crippen LogP contribution >= 0.6 is 0 Å². The molecule has 160 valence electrons. The fraction of sp³-hybridized carbons (Fsp3) is 0.688. The number of primary amides is 1. The summed E-state index contributed by atoms with van der Waals surface area (Å²) < 4.78 is 0. The number of amides is 4. The minimum absolute atomic E-state index is 0.189. The predicted molar refractivity (Wildman–Crippen MR) is 97.5 cm³/mol. The van der Waals surface area contributed by atoms with Crippen LogP contribution in [-0.2, 0) is 24.0 Å². The molecule has 0 radical (unpaired) electrons. The van der Waals surface area contributed by atoms with Crippen molar-refractivity contribution in [2.75, 3.05) is 13.2 Å². The second kappa shape index (κ2) is 12.6. The summed E-state index contributed by atoms with van der Waals surface area (Å²) in [7, 11) is 0. The molecule has 3 atom stereocenters. The van der Waals surface area contributed by atoms with E-state index < -0.39 is 60.9 Å². The van der Waals surface area contributed by atoms with Crippen LogP contribution in [-0.4, -0.2) is 71.1 Å². The van der Waals surface area contributed by atoms with Crippen molar-refractivity contribution >= 4 is 29.6 Å². The van der Waals surface area contributed by atoms with E-state index in [-0.39, 0.29) is 18.8 Å². The van der Waals surface area contributed by atoms with E-state index in [2.05, 4.69) is 16.0 Å². The van der Waals surface area contributed by atoms with Crippen molar-refractivity contribution in [2.45, 2.75) is 51.2 Å². The lowest BCUT2D eigenvalue weighted by atomic mass is 10.0. The molecule has 0 aromatic carbocycles. The number of carboxylic acid groups (broad SMARTS) is 1. The number of nitrogens with one attached hydrogen (secondary N) is 3. The first-order chi connectivity index (χ1) is 13.0. The summed E-state index contributed by atoms with van der Waals surface area (Å²) >= 11 is 0. The van der Waals surface area contributed by atoms with Crippen LogP contribution < -0.4 is 27.4 Å². The summed E-state index contributed by atoms with van der Waals surface area (Å²) in [5.41, 5.74) is 10.6. The third-order valence-corrected chi connectivity index (χ3v) is 3.61. The maximum atomic E-state index is 12.1. The van der Waals surface area contributed by atoms with Gasteiger partial charge in [-0.2, -0.15) is 0 Å². The van der Waals surface area contributed by atoms with Gasteiger partial charge in [-0.3, -0.25) is 19.2 Å². The van der Waals surface area contributed by atoms with Crippen molar-refractivity contribution in [3.8, 4) is 0 Å². The van der Waals surface area contributed by atoms with E-state index in [0.29, 0.717) is 6.42 Å². The first-order valence-electron chi connectivity index (χ1n) is 8.72. The van der Waals surface area contributed by atoms with Crippen LogP contribution in [0.4, 0.5) is 0 Å². The minimum atomic E-state index is -1.44. The molecule has 4 amide bonds. The Kier molecular flexibility index (Phi) is 11.4. The summed E-state index contributed by atoms with van der Waals surface area (Å²) in [5, 5.41) is 24.9. The molecule has 0 aliphatic heterocycles. The molecule has 0 bridgehead atoms. The van der Waals surface area contributed by atoms with Crippen LogP contribution in [0, 0.1) is 5.92 Å². The quantitative estimate of drug-likeness (QED) is 0.166. The largest absolute Gasteiger partial charge is 0.480 e. The van der Waals surface area contributed by atoms with Gasteiger partial charge in [0.15, 0.2) is 0 Å². The maximum absolute atomic E-state index is 12.1. The van der Waals surface area contributed by atoms with Crippen molar-refractivity contribution in [3.63, 3.8) is 0 Å². The molecule has 9 N–H and O–H groups in total. The molecule has 0 aromatic heterocycles. The monoisotopic (exact) mass is 403 g/mol. The van der Waals surface area contributed by atoms with E-state index in [1.807, 2.05) is 13.8 Å². The second-order valence-corrected chi connectivity index (χ2v) is 6.66. The zero-order valence-electron chi connectivity index (χ0n) is 15.9. The maximum Gasteiger partial charge on any atom is 0.326 e. The summed E-state index contributed by atoms with van der Waals surface area (Å²) in [6.07, 6.45) is -0.0840. The lowest BCUT2D eigenvalue weighted by molar-refractivity contribution is -0.142. The Bertz CT molecular complexity index is 582. The first-order valence-corrected chi connectivity index (χ1v) is 8.72. The Morgan fingerprint density at radius 1 is 1.00 bits per heavy atom. The van der Waals surface area contributed by atoms with Crippen molar-refractivity contribution in [1.29, 1.82) is 0 Å². The normalized spacial score (nSPS) is 13.9. The number of aliphatic hydroxyl groups is 1. The molecule has 0 saturated heterocycles. The van der Waals surface area contributed by atoms with Gasteiger partial charge in [-0.15, -0.1) is 0 Å². The van der Waals surface area contributed by atoms with Gasteiger partial charge in [0.25, 0.3) is 0 Å². The molecule has 0 unspecified atom stereocenters. The van der Waals surface area contributed by atoms with Crippen molar-refractivity contribution in [3.05, 3.63) is 0 Å². The summed E-state index contributed by atoms with van der Waals surface area (Å²) in [6, 6.07) is -3.64. The number of carboxylic acids is 1. The Labute approximate surface area is 162 Å². The summed E-state index contributed by atoms with van der Waals surface area (Å²) in [5.74, 6) is -4.22. The minimum Gasteiger partial charge on any atom is -0.480 e. The molecular formula is C16H29N5O7. The zero-order chi connectivity index (χ0) is 21.9. The lowest BCUT2D eigenvalue weighted by Gasteiger charge is -2.20. The number of carbonyl (C=O) groups excluding carboxylic acids is 4. The molecule has 0 aromatic rings. The van der Waals surface area contributed by atoms with Crippen molar-refractivity contribution in [2.24, 2.45) is 17.4 Å². The van der Waals surface area contributed by atoms with Gasteiger partial charge < -0.3 is 37.6 Å². The molecule has 0 heterocycles. The highest BCUT2D eigenvalue weighted by molar-refractivity contribution is 5.92. The van der Waals surface area contributed by atoms with Gasteiger partial charge in [-0.05, 0) is 18.8 Å². The van der Waals surface area contributed by atoms with Gasteiger partial charge in [-0.1, -0.05) is 13.8 Å². The molecule has 0 fully saturated rings. The van der Waals surface area contributed by atoms with Gasteiger partial charge in [-0.25, -0.2) is 4.79 Å².